The Morgan fingerprint density at radius 2 is 1.94 bits per heavy atom. The van der Waals surface area contributed by atoms with Gasteiger partial charge in [-0.05, 0) is 30.0 Å². The quantitative estimate of drug-likeness (QED) is 0.871. The molecule has 1 aliphatic rings. The summed E-state index contributed by atoms with van der Waals surface area (Å²) < 4.78 is 11.1. The number of benzene rings is 1. The number of hydrogen-bond donors (Lipinski definition) is 1. The maximum Gasteiger partial charge on any atom is 0.161 e. The monoisotopic (exact) mass is 249 g/mol. The van der Waals surface area contributed by atoms with Crippen molar-refractivity contribution in [1.82, 2.24) is 0 Å². The van der Waals surface area contributed by atoms with Gasteiger partial charge in [0.2, 0.25) is 0 Å². The highest BCUT2D eigenvalue weighted by Crippen LogP contribution is 2.33. The molecule has 1 aromatic carbocycles. The first-order valence-corrected chi connectivity index (χ1v) is 6.85. The van der Waals surface area contributed by atoms with Crippen molar-refractivity contribution in [3.05, 3.63) is 23.8 Å². The number of fused-ring (bicyclic) bond motifs is 1. The van der Waals surface area contributed by atoms with Crippen molar-refractivity contribution >= 4 is 0 Å². The normalized spacial score (nSPS) is 17.3. The molecule has 0 amide bonds. The summed E-state index contributed by atoms with van der Waals surface area (Å²) in [6.45, 7) is 5.73. The maximum atomic E-state index is 6.26. The van der Waals surface area contributed by atoms with Gasteiger partial charge in [-0.15, -0.1) is 0 Å². The van der Waals surface area contributed by atoms with Gasteiger partial charge >= 0.3 is 0 Å². The van der Waals surface area contributed by atoms with Crippen LogP contribution < -0.4 is 15.2 Å². The van der Waals surface area contributed by atoms with E-state index in [0.717, 1.165) is 23.5 Å². The third kappa shape index (κ3) is 3.16. The maximum absolute atomic E-state index is 6.26. The van der Waals surface area contributed by atoms with E-state index in [1.165, 1.54) is 12.8 Å². The summed E-state index contributed by atoms with van der Waals surface area (Å²) in [7, 11) is 0. The van der Waals surface area contributed by atoms with Gasteiger partial charge < -0.3 is 15.2 Å². The summed E-state index contributed by atoms with van der Waals surface area (Å²) >= 11 is 0. The van der Waals surface area contributed by atoms with E-state index in [1.54, 1.807) is 0 Å². The van der Waals surface area contributed by atoms with Crippen molar-refractivity contribution in [1.29, 1.82) is 0 Å². The fourth-order valence-corrected chi connectivity index (χ4v) is 2.47. The van der Waals surface area contributed by atoms with E-state index in [0.29, 0.717) is 19.1 Å². The Morgan fingerprint density at radius 1 is 1.22 bits per heavy atom. The molecule has 2 unspecified atom stereocenters. The van der Waals surface area contributed by atoms with Gasteiger partial charge in [-0.1, -0.05) is 32.8 Å². The van der Waals surface area contributed by atoms with Gasteiger partial charge in [0.05, 0.1) is 0 Å². The van der Waals surface area contributed by atoms with Gasteiger partial charge in [0.15, 0.2) is 11.5 Å². The molecule has 0 aromatic heterocycles. The summed E-state index contributed by atoms with van der Waals surface area (Å²) in [5.74, 6) is 2.33. The lowest BCUT2D eigenvalue weighted by Crippen LogP contribution is -2.17. The molecule has 1 heterocycles. The molecule has 3 nitrogen and oxygen atoms in total. The van der Waals surface area contributed by atoms with E-state index in [1.807, 2.05) is 12.1 Å². The third-order valence-corrected chi connectivity index (χ3v) is 3.43. The molecule has 1 aromatic rings. The molecule has 18 heavy (non-hydrogen) atoms. The Kier molecular flexibility index (Phi) is 4.48. The molecule has 2 atom stereocenters. The van der Waals surface area contributed by atoms with Crippen molar-refractivity contribution in [2.45, 2.75) is 39.2 Å². The summed E-state index contributed by atoms with van der Waals surface area (Å²) in [6.07, 6.45) is 3.47. The molecule has 3 heteroatoms. The topological polar surface area (TPSA) is 44.5 Å². The highest BCUT2D eigenvalue weighted by atomic mass is 16.6. The second-order valence-corrected chi connectivity index (χ2v) is 5.14. The molecule has 100 valence electrons. The van der Waals surface area contributed by atoms with Crippen molar-refractivity contribution in [2.24, 2.45) is 11.7 Å². The van der Waals surface area contributed by atoms with Crippen LogP contribution in [0.2, 0.25) is 0 Å². The van der Waals surface area contributed by atoms with Crippen LogP contribution in [0, 0.1) is 5.92 Å². The first-order valence-electron chi connectivity index (χ1n) is 6.85. The Morgan fingerprint density at radius 3 is 2.67 bits per heavy atom. The fraction of sp³-hybridized carbons (Fsp3) is 0.600. The lowest BCUT2D eigenvalue weighted by Gasteiger charge is -2.21. The zero-order valence-electron chi connectivity index (χ0n) is 11.3. The highest BCUT2D eigenvalue weighted by molar-refractivity contribution is 5.44. The number of rotatable bonds is 5. The summed E-state index contributed by atoms with van der Waals surface area (Å²) in [5.41, 5.74) is 7.40. The van der Waals surface area contributed by atoms with Crippen molar-refractivity contribution < 1.29 is 9.47 Å². The van der Waals surface area contributed by atoms with E-state index < -0.39 is 0 Å². The van der Waals surface area contributed by atoms with Crippen LogP contribution in [-0.2, 0) is 0 Å². The molecular formula is C15H23NO2. The van der Waals surface area contributed by atoms with Crippen LogP contribution in [0.25, 0.3) is 0 Å². The Hall–Kier alpha value is -1.22. The second kappa shape index (κ2) is 6.10. The van der Waals surface area contributed by atoms with E-state index in [4.69, 9.17) is 15.2 Å². The molecular weight excluding hydrogens is 226 g/mol. The molecule has 0 spiro atoms. The minimum absolute atomic E-state index is 0.0855. The van der Waals surface area contributed by atoms with Gasteiger partial charge in [0, 0.05) is 6.04 Å². The number of hydrogen-bond acceptors (Lipinski definition) is 3. The van der Waals surface area contributed by atoms with Crippen LogP contribution in [0.4, 0.5) is 0 Å². The molecule has 0 radical (unpaired) electrons. The average molecular weight is 249 g/mol. The molecule has 0 saturated carbocycles. The molecule has 0 aliphatic carbocycles. The fourth-order valence-electron chi connectivity index (χ4n) is 2.47. The largest absolute Gasteiger partial charge is 0.486 e. The Bertz CT molecular complexity index is 392. The van der Waals surface area contributed by atoms with Crippen LogP contribution in [0.1, 0.15) is 44.7 Å². The van der Waals surface area contributed by atoms with Gasteiger partial charge in [0.1, 0.15) is 13.2 Å². The standard InChI is InChI=1S/C15H23NO2/c1-3-4-11(2)9-13(16)12-5-6-14-15(10-12)18-8-7-17-14/h5-6,10-11,13H,3-4,7-9,16H2,1-2H3. The average Bonchev–Trinajstić information content (AvgIpc) is 2.38. The van der Waals surface area contributed by atoms with Gasteiger partial charge in [0.25, 0.3) is 0 Å². The minimum atomic E-state index is 0.0855. The van der Waals surface area contributed by atoms with Gasteiger partial charge in [-0.2, -0.15) is 0 Å². The van der Waals surface area contributed by atoms with E-state index >= 15 is 0 Å². The molecule has 2 rings (SSSR count). The SMILES string of the molecule is CCCC(C)CC(N)c1ccc2c(c1)OCCO2. The van der Waals surface area contributed by atoms with E-state index in [-0.39, 0.29) is 6.04 Å². The zero-order chi connectivity index (χ0) is 13.0. The lowest BCUT2D eigenvalue weighted by atomic mass is 9.93. The first-order chi connectivity index (χ1) is 8.70. The highest BCUT2D eigenvalue weighted by Gasteiger charge is 2.16. The van der Waals surface area contributed by atoms with Gasteiger partial charge in [-0.25, -0.2) is 0 Å². The molecule has 0 saturated heterocycles. The molecule has 0 bridgehead atoms. The third-order valence-electron chi connectivity index (χ3n) is 3.43. The second-order valence-electron chi connectivity index (χ2n) is 5.14. The van der Waals surface area contributed by atoms with Gasteiger partial charge in [-0.3, -0.25) is 0 Å². The van der Waals surface area contributed by atoms with Crippen LogP contribution in [0.5, 0.6) is 11.5 Å². The lowest BCUT2D eigenvalue weighted by molar-refractivity contribution is 0.171. The van der Waals surface area contributed by atoms with E-state index in [2.05, 4.69) is 19.9 Å². The summed E-state index contributed by atoms with van der Waals surface area (Å²) in [4.78, 5) is 0. The Balaban J connectivity index is 2.04. The van der Waals surface area contributed by atoms with Crippen LogP contribution in [0.3, 0.4) is 0 Å². The predicted octanol–water partition coefficient (Wildman–Crippen LogP) is 3.28. The molecule has 2 N–H and O–H groups in total. The molecule has 1 aliphatic heterocycles. The number of nitrogens with two attached hydrogens (primary N) is 1. The first kappa shape index (κ1) is 13.2. The number of ether oxygens (including phenoxy) is 2. The van der Waals surface area contributed by atoms with Crippen molar-refractivity contribution in [3.8, 4) is 11.5 Å². The zero-order valence-corrected chi connectivity index (χ0v) is 11.3. The van der Waals surface area contributed by atoms with Crippen molar-refractivity contribution in [3.63, 3.8) is 0 Å². The van der Waals surface area contributed by atoms with Crippen LogP contribution >= 0.6 is 0 Å². The smallest absolute Gasteiger partial charge is 0.161 e. The molecule has 0 fully saturated rings. The van der Waals surface area contributed by atoms with Crippen LogP contribution in [0.15, 0.2) is 18.2 Å². The van der Waals surface area contributed by atoms with Crippen molar-refractivity contribution in [2.75, 3.05) is 13.2 Å². The minimum Gasteiger partial charge on any atom is -0.486 e. The Labute approximate surface area is 109 Å². The summed E-state index contributed by atoms with van der Waals surface area (Å²) in [6, 6.07) is 6.13. The summed E-state index contributed by atoms with van der Waals surface area (Å²) in [5, 5.41) is 0. The van der Waals surface area contributed by atoms with Crippen LogP contribution in [-0.4, -0.2) is 13.2 Å². The predicted molar refractivity (Wildman–Crippen MR) is 73.0 cm³/mol. The van der Waals surface area contributed by atoms with E-state index in [9.17, 15) is 0 Å².